The van der Waals surface area contributed by atoms with E-state index in [1.54, 1.807) is 27.7 Å². The van der Waals surface area contributed by atoms with E-state index in [1.807, 2.05) is 0 Å². The third-order valence-corrected chi connectivity index (χ3v) is 10.9. The largest absolute Gasteiger partial charge is 0.481 e. The number of nitrogens with two attached hydrogens (primary N) is 1. The number of aromatic nitrogens is 2. The maximum absolute atomic E-state index is 13.9. The first-order valence-electron chi connectivity index (χ1n) is 21.8. The molecule has 370 valence electrons. The lowest BCUT2D eigenvalue weighted by molar-refractivity contribution is -0.143. The van der Waals surface area contributed by atoms with E-state index in [0.717, 1.165) is 6.92 Å². The summed E-state index contributed by atoms with van der Waals surface area (Å²) >= 11 is 0. The molecule has 1 aliphatic rings. The molecule has 0 spiro atoms. The second kappa shape index (κ2) is 26.7. The van der Waals surface area contributed by atoms with Crippen LogP contribution in [0.25, 0.3) is 0 Å². The summed E-state index contributed by atoms with van der Waals surface area (Å²) in [6.07, 6.45) is -0.717. The molecule has 1 saturated heterocycles. The van der Waals surface area contributed by atoms with Crippen molar-refractivity contribution in [2.24, 2.45) is 17.6 Å². The van der Waals surface area contributed by atoms with Crippen molar-refractivity contribution >= 4 is 59.2 Å². The number of aromatic amines is 1. The Morgan fingerprint density at radius 2 is 1.29 bits per heavy atom. The molecule has 11 atom stereocenters. The number of nitrogens with zero attached hydrogens (tertiary/aromatic N) is 2. The maximum Gasteiger partial charge on any atom is 0.326 e. The van der Waals surface area contributed by atoms with Crippen LogP contribution >= 0.6 is 0 Å². The monoisotopic (exact) mass is 937 g/mol. The fourth-order valence-electron chi connectivity index (χ4n) is 6.97. The van der Waals surface area contributed by atoms with Gasteiger partial charge in [-0.25, -0.2) is 9.78 Å². The van der Waals surface area contributed by atoms with Crippen LogP contribution in [0, 0.1) is 11.8 Å². The zero-order valence-corrected chi connectivity index (χ0v) is 38.3. The Labute approximate surface area is 381 Å². The van der Waals surface area contributed by atoms with Crippen LogP contribution in [0.15, 0.2) is 12.5 Å². The fraction of sp³-hybridized carbons (Fsp3) is 0.683. The summed E-state index contributed by atoms with van der Waals surface area (Å²) in [6, 6.07) is -11.5. The van der Waals surface area contributed by atoms with Crippen molar-refractivity contribution in [3.63, 3.8) is 0 Å². The van der Waals surface area contributed by atoms with Gasteiger partial charge in [-0.3, -0.25) is 43.2 Å². The van der Waals surface area contributed by atoms with Crippen LogP contribution in [0.3, 0.4) is 0 Å². The van der Waals surface area contributed by atoms with Gasteiger partial charge in [-0.15, -0.1) is 0 Å². The number of aliphatic hydroxyl groups excluding tert-OH is 2. The molecule has 25 nitrogen and oxygen atoms in total. The van der Waals surface area contributed by atoms with Gasteiger partial charge >= 0.3 is 11.9 Å². The molecule has 0 bridgehead atoms. The highest BCUT2D eigenvalue weighted by Crippen LogP contribution is 2.18. The predicted octanol–water partition coefficient (Wildman–Crippen LogP) is -3.88. The number of likely N-dealkylation sites (tertiary alicyclic amines) is 1. The summed E-state index contributed by atoms with van der Waals surface area (Å²) in [5, 5.41) is 57.0. The van der Waals surface area contributed by atoms with Gasteiger partial charge in [0.25, 0.3) is 0 Å². The van der Waals surface area contributed by atoms with Gasteiger partial charge in [0.2, 0.25) is 47.3 Å². The third-order valence-electron chi connectivity index (χ3n) is 10.9. The fourth-order valence-corrected chi connectivity index (χ4v) is 6.97. The lowest BCUT2D eigenvalue weighted by atomic mass is 9.96. The van der Waals surface area contributed by atoms with E-state index >= 15 is 0 Å². The second-order valence-corrected chi connectivity index (χ2v) is 16.9. The quantitative estimate of drug-likeness (QED) is 0.0401. The average Bonchev–Trinajstić information content (AvgIpc) is 3.96. The lowest BCUT2D eigenvalue weighted by Gasteiger charge is -2.31. The molecule has 2 heterocycles. The number of aliphatic hydroxyl groups is 2. The molecule has 1 fully saturated rings. The molecule has 8 amide bonds. The molecule has 14 N–H and O–H groups in total. The normalized spacial score (nSPS) is 18.1. The van der Waals surface area contributed by atoms with Crippen molar-refractivity contribution in [3.8, 4) is 0 Å². The van der Waals surface area contributed by atoms with Gasteiger partial charge in [0.15, 0.2) is 0 Å². The lowest BCUT2D eigenvalue weighted by Crippen LogP contribution is -2.63. The van der Waals surface area contributed by atoms with Crippen LogP contribution in [0.1, 0.15) is 92.7 Å². The summed E-state index contributed by atoms with van der Waals surface area (Å²) in [5.41, 5.74) is 5.91. The van der Waals surface area contributed by atoms with Crippen molar-refractivity contribution in [1.82, 2.24) is 52.1 Å². The first-order valence-corrected chi connectivity index (χ1v) is 21.8. The number of hydrogen-bond acceptors (Lipinski definition) is 14. The van der Waals surface area contributed by atoms with E-state index in [-0.39, 0.29) is 44.7 Å². The molecule has 1 aromatic rings. The highest BCUT2D eigenvalue weighted by atomic mass is 16.4. The van der Waals surface area contributed by atoms with Crippen molar-refractivity contribution in [1.29, 1.82) is 0 Å². The molecule has 0 aliphatic carbocycles. The number of H-pyrrole nitrogens is 1. The van der Waals surface area contributed by atoms with E-state index in [4.69, 9.17) is 5.73 Å². The molecule has 1 aliphatic heterocycles. The molecule has 66 heavy (non-hydrogen) atoms. The van der Waals surface area contributed by atoms with Gasteiger partial charge in [0.1, 0.15) is 48.3 Å². The summed E-state index contributed by atoms with van der Waals surface area (Å²) in [6.45, 7) is 10.3. The predicted molar refractivity (Wildman–Crippen MR) is 232 cm³/mol. The minimum atomic E-state index is -1.82. The molecule has 0 saturated carbocycles. The highest BCUT2D eigenvalue weighted by molar-refractivity contribution is 5.98. The Bertz CT molecular complexity index is 1860. The molecule has 1 aromatic heterocycles. The van der Waals surface area contributed by atoms with Gasteiger partial charge in [-0.2, -0.15) is 0 Å². The smallest absolute Gasteiger partial charge is 0.326 e. The molecular weight excluding hydrogens is 871 g/mol. The zero-order valence-electron chi connectivity index (χ0n) is 38.3. The van der Waals surface area contributed by atoms with E-state index < -0.39 is 138 Å². The van der Waals surface area contributed by atoms with Crippen molar-refractivity contribution in [2.45, 2.75) is 154 Å². The van der Waals surface area contributed by atoms with Gasteiger partial charge < -0.3 is 73.3 Å². The maximum atomic E-state index is 13.9. The molecule has 0 aromatic carbocycles. The van der Waals surface area contributed by atoms with Gasteiger partial charge in [-0.05, 0) is 58.3 Å². The molecule has 0 radical (unpaired) electrons. The first-order chi connectivity index (χ1) is 30.9. The number of carbonyl (C=O) groups is 10. The van der Waals surface area contributed by atoms with Crippen LogP contribution < -0.4 is 43.0 Å². The first kappa shape index (κ1) is 55.9. The summed E-state index contributed by atoms with van der Waals surface area (Å²) in [4.78, 5) is 139. The Hall–Kier alpha value is -6.21. The zero-order chi connectivity index (χ0) is 50.0. The number of nitrogens with one attached hydrogen (secondary N) is 8. The molecule has 25 heteroatoms. The number of rotatable bonds is 27. The number of imidazole rings is 1. The van der Waals surface area contributed by atoms with Crippen LogP contribution in [0.4, 0.5) is 0 Å². The number of aliphatic carboxylic acids is 2. The second-order valence-electron chi connectivity index (χ2n) is 16.9. The summed E-state index contributed by atoms with van der Waals surface area (Å²) in [7, 11) is 0. The minimum absolute atomic E-state index is 0.0870. The number of carbonyl (C=O) groups excluding carboxylic acids is 8. The van der Waals surface area contributed by atoms with Crippen LogP contribution in [-0.4, -0.2) is 168 Å². The SMILES string of the molecule is CC[C@H](C)[C@H](NC(=O)[C@@H](NC(=O)[C@H](CCC(=O)O)NC(=O)[C@H](Cc1cnc[nH]1)NC(=O)[C@@H]1CCCN1C(=O)CN)[C@@H](C)O)C(=O)N[C@H](C(=O)N[C@@H](C)C(=O)N[C@@H](CC(C)C)C(=O)O)[C@@H](C)O. The number of carboxylic acids is 2. The Morgan fingerprint density at radius 1 is 0.742 bits per heavy atom. The van der Waals surface area contributed by atoms with Crippen LogP contribution in [-0.2, 0) is 54.4 Å². The Morgan fingerprint density at radius 3 is 1.80 bits per heavy atom. The summed E-state index contributed by atoms with van der Waals surface area (Å²) in [5.74, 6) is -10.6. The van der Waals surface area contributed by atoms with Crippen molar-refractivity contribution < 1.29 is 68.4 Å². The molecule has 0 unspecified atom stereocenters. The van der Waals surface area contributed by atoms with Gasteiger partial charge in [0.05, 0.1) is 25.1 Å². The standard InChI is InChI=1S/C41H67N11O14/c1-8-20(4)31(38(62)51-32(22(6)53)39(63)45-21(5)34(58)48-27(41(65)66)14-19(2)3)49-40(64)33(23(7)54)50-35(59)25(11-12-30(56)57)46-36(60)26(15-24-17-43-18-44-24)47-37(61)28-10-9-13-52(28)29(55)16-42/h17-23,25-28,31-33,53-54H,8-16,42H2,1-7H3,(H,43,44)(H,45,63)(H,46,60)(H,47,61)(H,48,58)(H,49,64)(H,50,59)(H,51,62)(H,56,57)(H,65,66)/t20-,21-,22+,23+,25-,26-,27-,28-,31-,32-,33-/m0/s1. The van der Waals surface area contributed by atoms with Crippen LogP contribution in [0.2, 0.25) is 0 Å². The Balaban J connectivity index is 2.30. The molecule has 2 rings (SSSR count). The third kappa shape index (κ3) is 17.3. The van der Waals surface area contributed by atoms with Crippen molar-refractivity contribution in [2.75, 3.05) is 13.1 Å². The van der Waals surface area contributed by atoms with E-state index in [9.17, 15) is 68.4 Å². The number of hydrogen-bond donors (Lipinski definition) is 13. The minimum Gasteiger partial charge on any atom is -0.481 e. The van der Waals surface area contributed by atoms with Gasteiger partial charge in [0, 0.05) is 31.3 Å². The van der Waals surface area contributed by atoms with E-state index in [2.05, 4.69) is 47.2 Å². The summed E-state index contributed by atoms with van der Waals surface area (Å²) < 4.78 is 0. The number of amides is 8. The topological polar surface area (TPSA) is 394 Å². The average molecular weight is 938 g/mol. The number of carboxylic acid groups (broad SMARTS) is 2. The Kier molecular flexibility index (Phi) is 22.6. The van der Waals surface area contributed by atoms with Gasteiger partial charge in [-0.1, -0.05) is 34.1 Å². The van der Waals surface area contributed by atoms with E-state index in [1.165, 1.54) is 31.3 Å². The van der Waals surface area contributed by atoms with E-state index in [0.29, 0.717) is 12.1 Å². The highest BCUT2D eigenvalue weighted by Gasteiger charge is 2.39. The van der Waals surface area contributed by atoms with Crippen LogP contribution in [0.5, 0.6) is 0 Å². The molecular formula is C41H67N11O14. The van der Waals surface area contributed by atoms with Crippen molar-refractivity contribution in [3.05, 3.63) is 18.2 Å².